The minimum absolute atomic E-state index is 0.0273. The first-order chi connectivity index (χ1) is 12.1. The van der Waals surface area contributed by atoms with Gasteiger partial charge in [-0.15, -0.1) is 0 Å². The summed E-state index contributed by atoms with van der Waals surface area (Å²) in [6.45, 7) is 2.08. The molecule has 25 heavy (non-hydrogen) atoms. The second-order valence-electron chi connectivity index (χ2n) is 6.38. The van der Waals surface area contributed by atoms with Gasteiger partial charge in [0.15, 0.2) is 11.5 Å². The van der Waals surface area contributed by atoms with Crippen LogP contribution in [-0.4, -0.2) is 54.2 Å². The normalized spacial score (nSPS) is 20.6. The summed E-state index contributed by atoms with van der Waals surface area (Å²) in [5.74, 6) is 0.810. The number of fused-ring (bicyclic) bond motifs is 1. The third kappa shape index (κ3) is 4.63. The van der Waals surface area contributed by atoms with Crippen molar-refractivity contribution in [2.75, 3.05) is 26.3 Å². The molecule has 1 aromatic carbocycles. The lowest BCUT2D eigenvalue weighted by atomic mass is 10.2. The number of nitrogens with zero attached hydrogens (tertiary/aromatic N) is 1. The lowest BCUT2D eigenvalue weighted by molar-refractivity contribution is -0.142. The fourth-order valence-electron chi connectivity index (χ4n) is 2.99. The molecule has 2 aliphatic heterocycles. The topological polar surface area (TPSA) is 88.1 Å². The monoisotopic (exact) mass is 348 g/mol. The van der Waals surface area contributed by atoms with Crippen LogP contribution in [0.25, 0.3) is 0 Å². The van der Waals surface area contributed by atoms with E-state index in [4.69, 9.17) is 9.47 Å². The molecular formula is C18H24N2O5. The number of hydrogen-bond acceptors (Lipinski definition) is 5. The smallest absolute Gasteiger partial charge is 0.251 e. The molecule has 0 saturated carbocycles. The first-order valence-corrected chi connectivity index (χ1v) is 8.75. The summed E-state index contributed by atoms with van der Waals surface area (Å²) in [7, 11) is 0. The summed E-state index contributed by atoms with van der Waals surface area (Å²) in [5, 5.41) is 12.5. The number of hydrogen-bond donors (Lipinski definition) is 2. The SMILES string of the molecule is O=C(CN1CCCCC(O)C1=O)NCc1ccc2c(c1)OCCCO2. The van der Waals surface area contributed by atoms with Gasteiger partial charge in [-0.25, -0.2) is 0 Å². The molecule has 2 heterocycles. The average molecular weight is 348 g/mol. The van der Waals surface area contributed by atoms with Gasteiger partial charge in [0.1, 0.15) is 6.10 Å². The molecule has 0 bridgehead atoms. The quantitative estimate of drug-likeness (QED) is 0.842. The Balaban J connectivity index is 1.53. The van der Waals surface area contributed by atoms with Crippen LogP contribution in [0.15, 0.2) is 18.2 Å². The van der Waals surface area contributed by atoms with Gasteiger partial charge in [0.2, 0.25) is 5.91 Å². The van der Waals surface area contributed by atoms with Crippen LogP contribution in [0.3, 0.4) is 0 Å². The van der Waals surface area contributed by atoms with E-state index in [1.54, 1.807) is 0 Å². The molecule has 0 aliphatic carbocycles. The average Bonchev–Trinajstić information content (AvgIpc) is 2.93. The van der Waals surface area contributed by atoms with Crippen LogP contribution in [0.2, 0.25) is 0 Å². The van der Waals surface area contributed by atoms with E-state index in [1.807, 2.05) is 18.2 Å². The first kappa shape index (κ1) is 17.5. The van der Waals surface area contributed by atoms with Crippen molar-refractivity contribution in [1.82, 2.24) is 10.2 Å². The van der Waals surface area contributed by atoms with Crippen molar-refractivity contribution < 1.29 is 24.2 Å². The van der Waals surface area contributed by atoms with Crippen molar-refractivity contribution in [3.63, 3.8) is 0 Å². The van der Waals surface area contributed by atoms with Crippen LogP contribution in [0, 0.1) is 0 Å². The zero-order valence-electron chi connectivity index (χ0n) is 14.2. The van der Waals surface area contributed by atoms with Crippen molar-refractivity contribution in [2.24, 2.45) is 0 Å². The number of benzene rings is 1. The summed E-state index contributed by atoms with van der Waals surface area (Å²) < 4.78 is 11.2. The molecule has 7 nitrogen and oxygen atoms in total. The molecule has 0 spiro atoms. The molecule has 1 aromatic rings. The van der Waals surface area contributed by atoms with E-state index >= 15 is 0 Å². The maximum absolute atomic E-state index is 12.2. The van der Waals surface area contributed by atoms with E-state index in [2.05, 4.69) is 5.32 Å². The molecule has 2 amide bonds. The highest BCUT2D eigenvalue weighted by atomic mass is 16.5. The zero-order valence-corrected chi connectivity index (χ0v) is 14.2. The molecule has 1 saturated heterocycles. The van der Waals surface area contributed by atoms with E-state index in [0.29, 0.717) is 38.5 Å². The molecule has 7 heteroatoms. The molecule has 3 rings (SSSR count). The summed E-state index contributed by atoms with van der Waals surface area (Å²) >= 11 is 0. The van der Waals surface area contributed by atoms with E-state index < -0.39 is 6.10 Å². The number of rotatable bonds is 4. The van der Waals surface area contributed by atoms with Crippen LogP contribution in [0.1, 0.15) is 31.2 Å². The fourth-order valence-corrected chi connectivity index (χ4v) is 2.99. The molecule has 0 radical (unpaired) electrons. The lowest BCUT2D eigenvalue weighted by Crippen LogP contribution is -2.44. The number of likely N-dealkylation sites (tertiary alicyclic amines) is 1. The number of aliphatic hydroxyl groups is 1. The molecule has 1 fully saturated rings. The predicted molar refractivity (Wildman–Crippen MR) is 90.3 cm³/mol. The second kappa shape index (κ2) is 8.20. The highest BCUT2D eigenvalue weighted by molar-refractivity contribution is 5.87. The fraction of sp³-hybridized carbons (Fsp3) is 0.556. The number of carbonyl (C=O) groups is 2. The Morgan fingerprint density at radius 3 is 2.84 bits per heavy atom. The molecule has 1 atom stereocenters. The Morgan fingerprint density at radius 2 is 2.00 bits per heavy atom. The molecule has 2 aliphatic rings. The second-order valence-corrected chi connectivity index (χ2v) is 6.38. The van der Waals surface area contributed by atoms with E-state index in [0.717, 1.165) is 30.6 Å². The Morgan fingerprint density at radius 1 is 1.20 bits per heavy atom. The van der Waals surface area contributed by atoms with Crippen LogP contribution < -0.4 is 14.8 Å². The Kier molecular flexibility index (Phi) is 5.75. The highest BCUT2D eigenvalue weighted by Crippen LogP contribution is 2.30. The van der Waals surface area contributed by atoms with Crippen molar-refractivity contribution >= 4 is 11.8 Å². The molecule has 136 valence electrons. The maximum atomic E-state index is 12.2. The number of nitrogens with one attached hydrogen (secondary N) is 1. The summed E-state index contributed by atoms with van der Waals surface area (Å²) in [4.78, 5) is 25.6. The van der Waals surface area contributed by atoms with Crippen molar-refractivity contribution in [3.05, 3.63) is 23.8 Å². The van der Waals surface area contributed by atoms with Gasteiger partial charge in [0.25, 0.3) is 5.91 Å². The molecule has 0 aromatic heterocycles. The van der Waals surface area contributed by atoms with Gasteiger partial charge in [-0.3, -0.25) is 9.59 Å². The number of amides is 2. The summed E-state index contributed by atoms with van der Waals surface area (Å²) in [5.41, 5.74) is 0.903. The molecule has 1 unspecified atom stereocenters. The van der Waals surface area contributed by atoms with Crippen LogP contribution >= 0.6 is 0 Å². The van der Waals surface area contributed by atoms with Gasteiger partial charge >= 0.3 is 0 Å². The third-order valence-corrected chi connectivity index (χ3v) is 4.39. The van der Waals surface area contributed by atoms with Gasteiger partial charge in [-0.2, -0.15) is 0 Å². The zero-order chi connectivity index (χ0) is 17.6. The van der Waals surface area contributed by atoms with Crippen molar-refractivity contribution in [1.29, 1.82) is 0 Å². The molecule has 2 N–H and O–H groups in total. The van der Waals surface area contributed by atoms with E-state index in [-0.39, 0.29) is 18.4 Å². The largest absolute Gasteiger partial charge is 0.490 e. The van der Waals surface area contributed by atoms with E-state index in [1.165, 1.54) is 4.90 Å². The standard InChI is InChI=1S/C18H24N2O5/c21-14-4-1-2-7-20(18(14)23)12-17(22)19-11-13-5-6-15-16(10-13)25-9-3-8-24-15/h5-6,10,14,21H,1-4,7-9,11-12H2,(H,19,22). The minimum atomic E-state index is -0.989. The minimum Gasteiger partial charge on any atom is -0.490 e. The van der Waals surface area contributed by atoms with Crippen molar-refractivity contribution in [2.45, 2.75) is 38.3 Å². The lowest BCUT2D eigenvalue weighted by Gasteiger charge is -2.21. The van der Waals surface area contributed by atoms with Crippen molar-refractivity contribution in [3.8, 4) is 11.5 Å². The van der Waals surface area contributed by atoms with E-state index in [9.17, 15) is 14.7 Å². The van der Waals surface area contributed by atoms with Gasteiger partial charge in [-0.1, -0.05) is 6.07 Å². The Hall–Kier alpha value is -2.28. The van der Waals surface area contributed by atoms with Crippen LogP contribution in [-0.2, 0) is 16.1 Å². The van der Waals surface area contributed by atoms with Gasteiger partial charge in [0, 0.05) is 19.5 Å². The highest BCUT2D eigenvalue weighted by Gasteiger charge is 2.26. The van der Waals surface area contributed by atoms with Gasteiger partial charge in [0.05, 0.1) is 19.8 Å². The first-order valence-electron chi connectivity index (χ1n) is 8.75. The summed E-state index contributed by atoms with van der Waals surface area (Å²) in [6.07, 6.45) is 1.92. The maximum Gasteiger partial charge on any atom is 0.251 e. The Labute approximate surface area is 146 Å². The number of ether oxygens (including phenoxy) is 2. The number of aliphatic hydroxyl groups excluding tert-OH is 1. The van der Waals surface area contributed by atoms with Gasteiger partial charge < -0.3 is 24.8 Å². The van der Waals surface area contributed by atoms with Crippen LogP contribution in [0.4, 0.5) is 0 Å². The molecular weight excluding hydrogens is 324 g/mol. The summed E-state index contributed by atoms with van der Waals surface area (Å²) in [6, 6.07) is 5.59. The Bertz CT molecular complexity index is 634. The van der Waals surface area contributed by atoms with Crippen LogP contribution in [0.5, 0.6) is 11.5 Å². The predicted octanol–water partition coefficient (Wildman–Crippen LogP) is 0.838. The number of carbonyl (C=O) groups excluding carboxylic acids is 2. The van der Waals surface area contributed by atoms with Gasteiger partial charge in [-0.05, 0) is 37.0 Å². The third-order valence-electron chi connectivity index (χ3n) is 4.39.